The Morgan fingerprint density at radius 1 is 1.37 bits per heavy atom. The minimum Gasteiger partial charge on any atom is -0.454 e. The van der Waals surface area contributed by atoms with Crippen LogP contribution >= 0.6 is 0 Å². The highest BCUT2D eigenvalue weighted by Gasteiger charge is 2.39. The Balaban J connectivity index is 1.68. The molecular formula is C15H19NO3. The first-order chi connectivity index (χ1) is 9.07. The van der Waals surface area contributed by atoms with Crippen molar-refractivity contribution in [3.05, 3.63) is 23.8 Å². The first kappa shape index (κ1) is 12.3. The van der Waals surface area contributed by atoms with Crippen molar-refractivity contribution in [1.29, 1.82) is 0 Å². The van der Waals surface area contributed by atoms with Gasteiger partial charge in [0.15, 0.2) is 11.5 Å². The number of carbonyl (C=O) groups is 1. The summed E-state index contributed by atoms with van der Waals surface area (Å²) in [5.74, 6) is 1.82. The van der Waals surface area contributed by atoms with Crippen LogP contribution in [0.15, 0.2) is 18.2 Å². The number of hydrogen-bond donors (Lipinski definition) is 1. The molecule has 1 aromatic rings. The van der Waals surface area contributed by atoms with Crippen LogP contribution in [0, 0.1) is 5.41 Å². The van der Waals surface area contributed by atoms with E-state index in [2.05, 4.69) is 25.2 Å². The molecule has 0 bridgehead atoms. The lowest BCUT2D eigenvalue weighted by Crippen LogP contribution is -2.32. The van der Waals surface area contributed by atoms with E-state index in [0.717, 1.165) is 24.3 Å². The van der Waals surface area contributed by atoms with E-state index in [0.29, 0.717) is 13.2 Å². The van der Waals surface area contributed by atoms with E-state index in [1.165, 1.54) is 5.56 Å². The molecule has 0 aromatic heterocycles. The molecule has 4 nitrogen and oxygen atoms in total. The second-order valence-corrected chi connectivity index (χ2v) is 5.81. The average Bonchev–Trinajstić information content (AvgIpc) is 2.92. The lowest BCUT2D eigenvalue weighted by atomic mass is 9.78. The second kappa shape index (κ2) is 4.44. The fraction of sp³-hybridized carbons (Fsp3) is 0.533. The monoisotopic (exact) mass is 261 g/mol. The van der Waals surface area contributed by atoms with Crippen LogP contribution in [0.4, 0.5) is 0 Å². The Labute approximate surface area is 113 Å². The molecule has 1 fully saturated rings. The molecule has 1 saturated heterocycles. The lowest BCUT2D eigenvalue weighted by Gasteiger charge is -2.27. The van der Waals surface area contributed by atoms with Crippen LogP contribution in [0.2, 0.25) is 0 Å². The summed E-state index contributed by atoms with van der Waals surface area (Å²) in [6.45, 7) is 4.58. The van der Waals surface area contributed by atoms with E-state index >= 15 is 0 Å². The van der Waals surface area contributed by atoms with Gasteiger partial charge in [0.2, 0.25) is 12.7 Å². The first-order valence-corrected chi connectivity index (χ1v) is 6.75. The van der Waals surface area contributed by atoms with Gasteiger partial charge in [-0.2, -0.15) is 0 Å². The van der Waals surface area contributed by atoms with E-state index < -0.39 is 0 Å². The maximum atomic E-state index is 11.5. The summed E-state index contributed by atoms with van der Waals surface area (Å²) in [7, 11) is 0. The molecule has 1 N–H and O–H groups in total. The van der Waals surface area contributed by atoms with Crippen molar-refractivity contribution in [1.82, 2.24) is 5.32 Å². The highest BCUT2D eigenvalue weighted by Crippen LogP contribution is 2.37. The van der Waals surface area contributed by atoms with Gasteiger partial charge in [-0.1, -0.05) is 13.0 Å². The molecule has 4 heteroatoms. The smallest absolute Gasteiger partial charge is 0.231 e. The Hall–Kier alpha value is -1.71. The quantitative estimate of drug-likeness (QED) is 0.908. The summed E-state index contributed by atoms with van der Waals surface area (Å²) >= 11 is 0. The third-order valence-corrected chi connectivity index (χ3v) is 4.41. The van der Waals surface area contributed by atoms with E-state index in [1.807, 2.05) is 12.1 Å². The summed E-state index contributed by atoms with van der Waals surface area (Å²) in [5, 5.41) is 3.00. The fourth-order valence-electron chi connectivity index (χ4n) is 2.82. The van der Waals surface area contributed by atoms with Crippen molar-refractivity contribution in [2.75, 3.05) is 6.79 Å². The molecule has 2 atom stereocenters. The van der Waals surface area contributed by atoms with E-state index in [-0.39, 0.29) is 17.4 Å². The van der Waals surface area contributed by atoms with Gasteiger partial charge in [0.05, 0.1) is 0 Å². The minimum absolute atomic E-state index is 0.0491. The minimum atomic E-state index is 0.0491. The molecule has 0 aliphatic carbocycles. The van der Waals surface area contributed by atoms with Gasteiger partial charge >= 0.3 is 0 Å². The van der Waals surface area contributed by atoms with Crippen molar-refractivity contribution in [2.45, 2.75) is 39.2 Å². The summed E-state index contributed by atoms with van der Waals surface area (Å²) in [5.41, 5.74) is 1.28. The zero-order valence-electron chi connectivity index (χ0n) is 11.4. The second-order valence-electron chi connectivity index (χ2n) is 5.81. The predicted molar refractivity (Wildman–Crippen MR) is 71.2 cm³/mol. The summed E-state index contributed by atoms with van der Waals surface area (Å²) in [6.07, 6.45) is 2.57. The van der Waals surface area contributed by atoms with Crippen LogP contribution in [0.5, 0.6) is 11.5 Å². The van der Waals surface area contributed by atoms with Crippen molar-refractivity contribution >= 4 is 5.91 Å². The van der Waals surface area contributed by atoms with Gasteiger partial charge in [0.25, 0.3) is 0 Å². The van der Waals surface area contributed by atoms with Gasteiger partial charge in [0, 0.05) is 12.5 Å². The topological polar surface area (TPSA) is 47.6 Å². The summed E-state index contributed by atoms with van der Waals surface area (Å²) in [4.78, 5) is 11.5. The Morgan fingerprint density at radius 3 is 2.89 bits per heavy atom. The van der Waals surface area contributed by atoms with Crippen LogP contribution < -0.4 is 14.8 Å². The van der Waals surface area contributed by atoms with Crippen LogP contribution in [0.25, 0.3) is 0 Å². The number of amides is 1. The molecule has 3 rings (SSSR count). The largest absolute Gasteiger partial charge is 0.454 e. The van der Waals surface area contributed by atoms with Gasteiger partial charge in [-0.3, -0.25) is 4.79 Å². The van der Waals surface area contributed by atoms with E-state index in [4.69, 9.17) is 9.47 Å². The number of ether oxygens (including phenoxy) is 2. The number of rotatable bonds is 3. The molecule has 102 valence electrons. The third-order valence-electron chi connectivity index (χ3n) is 4.41. The van der Waals surface area contributed by atoms with Crippen LogP contribution in [0.3, 0.4) is 0 Å². The number of benzene rings is 1. The standard InChI is InChI=1S/C15H19NO3/c1-10-15(2,8-14(17)16-10)6-5-11-3-4-12-13(7-11)19-9-18-12/h3-4,7,10H,5-6,8-9H2,1-2H3,(H,16,17). The Bertz CT molecular complexity index is 514. The first-order valence-electron chi connectivity index (χ1n) is 6.75. The van der Waals surface area contributed by atoms with Gasteiger partial charge < -0.3 is 14.8 Å². The van der Waals surface area contributed by atoms with Gasteiger partial charge in [0.1, 0.15) is 0 Å². The fourth-order valence-corrected chi connectivity index (χ4v) is 2.82. The molecule has 19 heavy (non-hydrogen) atoms. The zero-order valence-corrected chi connectivity index (χ0v) is 11.4. The normalized spacial score (nSPS) is 28.5. The van der Waals surface area contributed by atoms with Crippen molar-refractivity contribution in [3.8, 4) is 11.5 Å². The summed E-state index contributed by atoms with van der Waals surface area (Å²) < 4.78 is 10.7. The lowest BCUT2D eigenvalue weighted by molar-refractivity contribution is -0.119. The van der Waals surface area contributed by atoms with Crippen molar-refractivity contribution in [3.63, 3.8) is 0 Å². The van der Waals surface area contributed by atoms with E-state index in [9.17, 15) is 4.79 Å². The maximum absolute atomic E-state index is 11.5. The Morgan fingerprint density at radius 2 is 2.16 bits per heavy atom. The Kier molecular flexibility index (Phi) is 2.88. The van der Waals surface area contributed by atoms with Crippen LogP contribution in [-0.4, -0.2) is 18.7 Å². The molecule has 2 unspecified atom stereocenters. The number of carbonyl (C=O) groups excluding carboxylic acids is 1. The molecule has 2 aliphatic rings. The van der Waals surface area contributed by atoms with Crippen molar-refractivity contribution in [2.24, 2.45) is 5.41 Å². The van der Waals surface area contributed by atoms with Gasteiger partial charge in [-0.05, 0) is 42.9 Å². The molecule has 0 saturated carbocycles. The number of fused-ring (bicyclic) bond motifs is 1. The molecule has 0 spiro atoms. The average molecular weight is 261 g/mol. The van der Waals surface area contributed by atoms with Gasteiger partial charge in [-0.25, -0.2) is 0 Å². The SMILES string of the molecule is CC1NC(=O)CC1(C)CCc1ccc2c(c1)OCO2. The molecule has 0 radical (unpaired) electrons. The molecular weight excluding hydrogens is 242 g/mol. The highest BCUT2D eigenvalue weighted by molar-refractivity contribution is 5.79. The third kappa shape index (κ3) is 2.27. The molecule has 1 amide bonds. The van der Waals surface area contributed by atoms with Crippen molar-refractivity contribution < 1.29 is 14.3 Å². The maximum Gasteiger partial charge on any atom is 0.231 e. The predicted octanol–water partition coefficient (Wildman–Crippen LogP) is 2.26. The van der Waals surface area contributed by atoms with Crippen LogP contribution in [0.1, 0.15) is 32.3 Å². The van der Waals surface area contributed by atoms with Crippen LogP contribution in [-0.2, 0) is 11.2 Å². The highest BCUT2D eigenvalue weighted by atomic mass is 16.7. The number of aryl methyl sites for hydroxylation is 1. The molecule has 1 aromatic carbocycles. The molecule has 2 aliphatic heterocycles. The number of nitrogens with one attached hydrogen (secondary N) is 1. The zero-order chi connectivity index (χ0) is 13.5. The number of hydrogen-bond acceptors (Lipinski definition) is 3. The van der Waals surface area contributed by atoms with Gasteiger partial charge in [-0.15, -0.1) is 0 Å². The molecule has 2 heterocycles. The summed E-state index contributed by atoms with van der Waals surface area (Å²) in [6, 6.07) is 6.32. The van der Waals surface area contributed by atoms with E-state index in [1.54, 1.807) is 0 Å².